The van der Waals surface area contributed by atoms with Crippen molar-refractivity contribution >= 4 is 40.8 Å². The molecule has 1 aromatic carbocycles. The third-order valence-corrected chi connectivity index (χ3v) is 2.58. The van der Waals surface area contributed by atoms with E-state index in [1.165, 1.54) is 12.1 Å². The van der Waals surface area contributed by atoms with Crippen LogP contribution >= 0.6 is 23.2 Å². The first kappa shape index (κ1) is 15.6. The van der Waals surface area contributed by atoms with E-state index in [1.54, 1.807) is 20.8 Å². The molecule has 4 N–H and O–H groups in total. The molecule has 0 saturated heterocycles. The molecule has 0 aromatic heterocycles. The SMILES string of the molecule is CC(C)(C)OC(=O)Nc1c(Cl)cc(C(=N)N)cc1Cl. The second-order valence-electron chi connectivity index (χ2n) is 4.86. The summed E-state index contributed by atoms with van der Waals surface area (Å²) in [7, 11) is 0. The number of anilines is 1. The molecule has 0 bridgehead atoms. The molecule has 1 rings (SSSR count). The van der Waals surface area contributed by atoms with Crippen LogP contribution in [0, 0.1) is 5.41 Å². The smallest absolute Gasteiger partial charge is 0.412 e. The van der Waals surface area contributed by atoms with Crippen LogP contribution in [-0.2, 0) is 4.74 Å². The van der Waals surface area contributed by atoms with E-state index in [9.17, 15) is 4.79 Å². The predicted molar refractivity (Wildman–Crippen MR) is 77.3 cm³/mol. The molecule has 0 aliphatic carbocycles. The summed E-state index contributed by atoms with van der Waals surface area (Å²) in [5.74, 6) is -0.160. The number of carbonyl (C=O) groups excluding carboxylic acids is 1. The quantitative estimate of drug-likeness (QED) is 0.576. The Morgan fingerprint density at radius 2 is 1.79 bits per heavy atom. The third-order valence-electron chi connectivity index (χ3n) is 1.98. The first-order valence-electron chi connectivity index (χ1n) is 5.43. The predicted octanol–water partition coefficient (Wildman–Crippen LogP) is 3.62. The van der Waals surface area contributed by atoms with Gasteiger partial charge in [-0.3, -0.25) is 10.7 Å². The molecular weight excluding hydrogens is 289 g/mol. The number of halogens is 2. The molecule has 0 radical (unpaired) electrons. The van der Waals surface area contributed by atoms with Crippen molar-refractivity contribution in [2.24, 2.45) is 5.73 Å². The van der Waals surface area contributed by atoms with Gasteiger partial charge < -0.3 is 10.5 Å². The Morgan fingerprint density at radius 1 is 1.32 bits per heavy atom. The van der Waals surface area contributed by atoms with Gasteiger partial charge in [0.1, 0.15) is 11.4 Å². The summed E-state index contributed by atoms with van der Waals surface area (Å²) in [4.78, 5) is 11.6. The fourth-order valence-electron chi connectivity index (χ4n) is 1.25. The van der Waals surface area contributed by atoms with Gasteiger partial charge in [0, 0.05) is 5.56 Å². The minimum absolute atomic E-state index is 0.160. The van der Waals surface area contributed by atoms with Gasteiger partial charge in [0.25, 0.3) is 0 Å². The number of ether oxygens (including phenoxy) is 1. The van der Waals surface area contributed by atoms with Crippen molar-refractivity contribution in [2.75, 3.05) is 5.32 Å². The molecule has 19 heavy (non-hydrogen) atoms. The van der Waals surface area contributed by atoms with Crippen LogP contribution in [0.1, 0.15) is 26.3 Å². The highest BCUT2D eigenvalue weighted by Gasteiger charge is 2.19. The highest BCUT2D eigenvalue weighted by molar-refractivity contribution is 6.40. The number of amides is 1. The number of nitrogens with one attached hydrogen (secondary N) is 2. The lowest BCUT2D eigenvalue weighted by Crippen LogP contribution is -2.27. The normalized spacial score (nSPS) is 11.0. The average molecular weight is 304 g/mol. The highest BCUT2D eigenvalue weighted by Crippen LogP contribution is 2.32. The molecule has 7 heteroatoms. The molecule has 0 aliphatic heterocycles. The van der Waals surface area contributed by atoms with E-state index in [0.29, 0.717) is 5.56 Å². The van der Waals surface area contributed by atoms with Crippen molar-refractivity contribution in [1.82, 2.24) is 0 Å². The fourth-order valence-corrected chi connectivity index (χ4v) is 1.84. The summed E-state index contributed by atoms with van der Waals surface area (Å²) in [6, 6.07) is 2.89. The Balaban J connectivity index is 2.97. The summed E-state index contributed by atoms with van der Waals surface area (Å²) in [6.07, 6.45) is -0.660. The molecule has 0 unspecified atom stereocenters. The lowest BCUT2D eigenvalue weighted by atomic mass is 10.2. The molecule has 104 valence electrons. The standard InChI is InChI=1S/C12H15Cl2N3O2/c1-12(2,3)19-11(18)17-9-7(13)4-6(10(15)16)5-8(9)14/h4-5H,1-3H3,(H3,15,16)(H,17,18). The largest absolute Gasteiger partial charge is 0.444 e. The average Bonchev–Trinajstić information content (AvgIpc) is 2.20. The van der Waals surface area contributed by atoms with Gasteiger partial charge in [-0.05, 0) is 32.9 Å². The highest BCUT2D eigenvalue weighted by atomic mass is 35.5. The topological polar surface area (TPSA) is 88.2 Å². The van der Waals surface area contributed by atoms with Gasteiger partial charge in [-0.25, -0.2) is 4.79 Å². The van der Waals surface area contributed by atoms with Crippen molar-refractivity contribution in [1.29, 1.82) is 5.41 Å². The van der Waals surface area contributed by atoms with Crippen LogP contribution in [0.2, 0.25) is 10.0 Å². The molecule has 1 amide bonds. The maximum atomic E-state index is 11.6. The van der Waals surface area contributed by atoms with E-state index >= 15 is 0 Å². The lowest BCUT2D eigenvalue weighted by Gasteiger charge is -2.20. The van der Waals surface area contributed by atoms with E-state index < -0.39 is 11.7 Å². The van der Waals surface area contributed by atoms with E-state index in [0.717, 1.165) is 0 Å². The van der Waals surface area contributed by atoms with Crippen molar-refractivity contribution < 1.29 is 9.53 Å². The first-order chi connectivity index (χ1) is 8.60. The molecule has 0 saturated carbocycles. The van der Waals surface area contributed by atoms with Gasteiger partial charge in [-0.1, -0.05) is 23.2 Å². The van der Waals surface area contributed by atoms with Gasteiger partial charge in [-0.15, -0.1) is 0 Å². The number of benzene rings is 1. The number of carbonyl (C=O) groups is 1. The zero-order valence-corrected chi connectivity index (χ0v) is 12.3. The number of amidine groups is 1. The summed E-state index contributed by atoms with van der Waals surface area (Å²) >= 11 is 12.0. The molecule has 0 atom stereocenters. The molecule has 0 fully saturated rings. The van der Waals surface area contributed by atoms with Crippen molar-refractivity contribution in [3.05, 3.63) is 27.7 Å². The number of nitrogens with two attached hydrogens (primary N) is 1. The number of rotatable bonds is 2. The minimum Gasteiger partial charge on any atom is -0.444 e. The Kier molecular flexibility index (Phi) is 4.66. The zero-order valence-electron chi connectivity index (χ0n) is 10.8. The van der Waals surface area contributed by atoms with E-state index in [4.69, 9.17) is 39.1 Å². The molecule has 5 nitrogen and oxygen atoms in total. The van der Waals surface area contributed by atoms with Gasteiger partial charge in [0.05, 0.1) is 15.7 Å². The van der Waals surface area contributed by atoms with Gasteiger partial charge in [-0.2, -0.15) is 0 Å². The minimum atomic E-state index is -0.660. The number of nitrogen functional groups attached to an aromatic ring is 1. The van der Waals surface area contributed by atoms with Gasteiger partial charge >= 0.3 is 6.09 Å². The number of hydrogen-bond acceptors (Lipinski definition) is 3. The molecular formula is C12H15Cl2N3O2. The molecule has 0 spiro atoms. The summed E-state index contributed by atoms with van der Waals surface area (Å²) < 4.78 is 5.10. The molecule has 1 aromatic rings. The molecule has 0 aliphatic rings. The second-order valence-corrected chi connectivity index (χ2v) is 5.67. The van der Waals surface area contributed by atoms with Crippen molar-refractivity contribution in [2.45, 2.75) is 26.4 Å². The summed E-state index contributed by atoms with van der Waals surface area (Å²) in [5, 5.41) is 10.1. The van der Waals surface area contributed by atoms with Crippen molar-refractivity contribution in [3.8, 4) is 0 Å². The lowest BCUT2D eigenvalue weighted by molar-refractivity contribution is 0.0636. The maximum Gasteiger partial charge on any atom is 0.412 e. The van der Waals surface area contributed by atoms with Crippen LogP contribution in [0.25, 0.3) is 0 Å². The van der Waals surface area contributed by atoms with E-state index in [1.807, 2.05) is 0 Å². The van der Waals surface area contributed by atoms with Crippen molar-refractivity contribution in [3.63, 3.8) is 0 Å². The number of hydrogen-bond donors (Lipinski definition) is 3. The van der Waals surface area contributed by atoms with Crippen LogP contribution in [0.15, 0.2) is 12.1 Å². The fraction of sp³-hybridized carbons (Fsp3) is 0.333. The second kappa shape index (κ2) is 5.67. The van der Waals surface area contributed by atoms with E-state index in [2.05, 4.69) is 5.32 Å². The third kappa shape index (κ3) is 4.61. The molecule has 0 heterocycles. The van der Waals surface area contributed by atoms with Crippen LogP contribution in [-0.4, -0.2) is 17.5 Å². The Bertz CT molecular complexity index is 501. The zero-order chi connectivity index (χ0) is 14.8. The maximum absolute atomic E-state index is 11.6. The van der Waals surface area contributed by atoms with Gasteiger partial charge in [0.15, 0.2) is 0 Å². The van der Waals surface area contributed by atoms with E-state index in [-0.39, 0.29) is 21.6 Å². The Labute approximate surface area is 121 Å². The van der Waals surface area contributed by atoms with Gasteiger partial charge in [0.2, 0.25) is 0 Å². The van der Waals surface area contributed by atoms with Crippen LogP contribution in [0.4, 0.5) is 10.5 Å². The first-order valence-corrected chi connectivity index (χ1v) is 6.19. The van der Waals surface area contributed by atoms with Crippen LogP contribution < -0.4 is 11.1 Å². The van der Waals surface area contributed by atoms with Crippen LogP contribution in [0.3, 0.4) is 0 Å². The summed E-state index contributed by atoms with van der Waals surface area (Å²) in [6.45, 7) is 5.23. The Morgan fingerprint density at radius 3 is 2.16 bits per heavy atom. The summed E-state index contributed by atoms with van der Waals surface area (Å²) in [5.41, 5.74) is 5.32. The monoisotopic (exact) mass is 303 g/mol. The van der Waals surface area contributed by atoms with Crippen LogP contribution in [0.5, 0.6) is 0 Å². The Hall–Kier alpha value is -1.46.